The molecule has 3 aromatic rings. The number of nitrogens with one attached hydrogen (secondary N) is 1. The summed E-state index contributed by atoms with van der Waals surface area (Å²) in [4.78, 5) is 10.1. The Bertz CT molecular complexity index is 1130. The van der Waals surface area contributed by atoms with Gasteiger partial charge in [0.15, 0.2) is 11.5 Å². The van der Waals surface area contributed by atoms with Gasteiger partial charge in [-0.2, -0.15) is 0 Å². The standard InChI is InChI=1S/C29H40N4O2/c1-21(2)33-16-11-22(12-17-33)30-29-23-9-4-5-10-25(23)31-26-20-28(27(34-3)19-24(26)29)35-18-8-15-32-13-6-7-14-32/h4-5,9-10,19-22H,6-8,11-18H2,1-3H3,(H,30,31). The van der Waals surface area contributed by atoms with Crippen molar-refractivity contribution in [3.63, 3.8) is 0 Å². The van der Waals surface area contributed by atoms with Crippen LogP contribution in [0.3, 0.4) is 0 Å². The zero-order valence-electron chi connectivity index (χ0n) is 21.6. The minimum absolute atomic E-state index is 0.450. The van der Waals surface area contributed by atoms with Gasteiger partial charge in [-0.25, -0.2) is 4.98 Å². The summed E-state index contributed by atoms with van der Waals surface area (Å²) < 4.78 is 12.0. The zero-order valence-corrected chi connectivity index (χ0v) is 21.6. The lowest BCUT2D eigenvalue weighted by Gasteiger charge is -2.35. The number of ether oxygens (including phenoxy) is 2. The van der Waals surface area contributed by atoms with Gasteiger partial charge < -0.3 is 24.6 Å². The van der Waals surface area contributed by atoms with Crippen LogP contribution in [0.15, 0.2) is 36.4 Å². The summed E-state index contributed by atoms with van der Waals surface area (Å²) in [5.41, 5.74) is 3.11. The van der Waals surface area contributed by atoms with Gasteiger partial charge in [0.1, 0.15) is 0 Å². The Morgan fingerprint density at radius 1 is 0.971 bits per heavy atom. The Labute approximate surface area is 209 Å². The van der Waals surface area contributed by atoms with E-state index < -0.39 is 0 Å². The molecule has 1 N–H and O–H groups in total. The maximum atomic E-state index is 6.21. The Hall–Kier alpha value is -2.57. The highest BCUT2D eigenvalue weighted by Gasteiger charge is 2.23. The first kappa shape index (κ1) is 24.1. The molecule has 6 nitrogen and oxygen atoms in total. The average molecular weight is 477 g/mol. The molecule has 0 unspecified atom stereocenters. The van der Waals surface area contributed by atoms with Crippen LogP contribution in [0.2, 0.25) is 0 Å². The molecule has 0 saturated carbocycles. The number of anilines is 1. The van der Waals surface area contributed by atoms with Gasteiger partial charge in [-0.15, -0.1) is 0 Å². The Morgan fingerprint density at radius 3 is 2.49 bits per heavy atom. The highest BCUT2D eigenvalue weighted by Crippen LogP contribution is 2.39. The lowest BCUT2D eigenvalue weighted by atomic mass is 10.0. The molecule has 0 radical (unpaired) electrons. The zero-order chi connectivity index (χ0) is 24.2. The lowest BCUT2D eigenvalue weighted by Crippen LogP contribution is -2.42. The van der Waals surface area contributed by atoms with Crippen LogP contribution in [0.25, 0.3) is 21.8 Å². The molecule has 2 aromatic carbocycles. The van der Waals surface area contributed by atoms with Crippen LogP contribution in [-0.2, 0) is 0 Å². The molecule has 35 heavy (non-hydrogen) atoms. The van der Waals surface area contributed by atoms with Crippen molar-refractivity contribution in [3.05, 3.63) is 36.4 Å². The van der Waals surface area contributed by atoms with Crippen molar-refractivity contribution in [1.29, 1.82) is 0 Å². The van der Waals surface area contributed by atoms with Gasteiger partial charge in [0, 0.05) is 48.6 Å². The molecule has 0 bridgehead atoms. The predicted molar refractivity (Wildman–Crippen MR) is 145 cm³/mol. The van der Waals surface area contributed by atoms with Crippen LogP contribution in [-0.4, -0.2) is 73.3 Å². The number of methoxy groups -OCH3 is 1. The highest BCUT2D eigenvalue weighted by molar-refractivity contribution is 6.08. The molecule has 6 heteroatoms. The second kappa shape index (κ2) is 11.0. The number of hydrogen-bond acceptors (Lipinski definition) is 6. The molecule has 2 saturated heterocycles. The summed E-state index contributed by atoms with van der Waals surface area (Å²) >= 11 is 0. The van der Waals surface area contributed by atoms with Crippen LogP contribution in [0.5, 0.6) is 11.5 Å². The molecule has 2 aliphatic heterocycles. The topological polar surface area (TPSA) is 49.9 Å². The second-order valence-electron chi connectivity index (χ2n) is 10.3. The maximum absolute atomic E-state index is 6.21. The van der Waals surface area contributed by atoms with Crippen molar-refractivity contribution in [2.75, 3.05) is 51.8 Å². The van der Waals surface area contributed by atoms with E-state index in [9.17, 15) is 0 Å². The number of likely N-dealkylation sites (tertiary alicyclic amines) is 2. The average Bonchev–Trinajstić information content (AvgIpc) is 3.40. The third kappa shape index (κ3) is 5.49. The SMILES string of the molecule is COc1cc2c(NC3CCN(C(C)C)CC3)c3ccccc3nc2cc1OCCCN1CCCC1. The van der Waals surface area contributed by atoms with Gasteiger partial charge in [-0.1, -0.05) is 18.2 Å². The number of nitrogens with zero attached hydrogens (tertiary/aromatic N) is 3. The van der Waals surface area contributed by atoms with Gasteiger partial charge in [-0.3, -0.25) is 0 Å². The molecular formula is C29H40N4O2. The number of rotatable bonds is 9. The van der Waals surface area contributed by atoms with E-state index in [1.807, 2.05) is 0 Å². The largest absolute Gasteiger partial charge is 0.493 e. The molecule has 0 aliphatic carbocycles. The summed E-state index contributed by atoms with van der Waals surface area (Å²) in [7, 11) is 1.72. The van der Waals surface area contributed by atoms with E-state index in [-0.39, 0.29) is 0 Å². The van der Waals surface area contributed by atoms with E-state index >= 15 is 0 Å². The fourth-order valence-corrected chi connectivity index (χ4v) is 5.57. The summed E-state index contributed by atoms with van der Waals surface area (Å²) in [6.45, 7) is 11.1. The van der Waals surface area contributed by atoms with Crippen LogP contribution < -0.4 is 14.8 Å². The maximum Gasteiger partial charge on any atom is 0.163 e. The van der Waals surface area contributed by atoms with E-state index in [2.05, 4.69) is 65.4 Å². The minimum Gasteiger partial charge on any atom is -0.493 e. The van der Waals surface area contributed by atoms with Crippen LogP contribution in [0.4, 0.5) is 5.69 Å². The monoisotopic (exact) mass is 476 g/mol. The molecule has 0 amide bonds. The minimum atomic E-state index is 0.450. The van der Waals surface area contributed by atoms with Gasteiger partial charge >= 0.3 is 0 Å². The van der Waals surface area contributed by atoms with E-state index in [1.54, 1.807) is 7.11 Å². The van der Waals surface area contributed by atoms with E-state index in [1.165, 1.54) is 25.9 Å². The van der Waals surface area contributed by atoms with Gasteiger partial charge in [-0.05, 0) is 71.2 Å². The molecule has 3 heterocycles. The van der Waals surface area contributed by atoms with Crippen LogP contribution >= 0.6 is 0 Å². The fraction of sp³-hybridized carbons (Fsp3) is 0.552. The molecule has 2 aliphatic rings. The molecule has 0 atom stereocenters. The molecule has 5 rings (SSSR count). The number of para-hydroxylation sites is 1. The first-order chi connectivity index (χ1) is 17.1. The quantitative estimate of drug-likeness (QED) is 0.323. The lowest BCUT2D eigenvalue weighted by molar-refractivity contribution is 0.177. The van der Waals surface area contributed by atoms with Crippen LogP contribution in [0, 0.1) is 0 Å². The Balaban J connectivity index is 1.40. The molecular weight excluding hydrogens is 436 g/mol. The van der Waals surface area contributed by atoms with E-state index in [4.69, 9.17) is 14.5 Å². The first-order valence-corrected chi connectivity index (χ1v) is 13.4. The van der Waals surface area contributed by atoms with E-state index in [0.717, 1.165) is 77.9 Å². The van der Waals surface area contributed by atoms with Gasteiger partial charge in [0.05, 0.1) is 30.4 Å². The van der Waals surface area contributed by atoms with E-state index in [0.29, 0.717) is 18.7 Å². The van der Waals surface area contributed by atoms with Gasteiger partial charge in [0.2, 0.25) is 0 Å². The number of pyridine rings is 1. The van der Waals surface area contributed by atoms with Crippen molar-refractivity contribution < 1.29 is 9.47 Å². The molecule has 1 aromatic heterocycles. The Morgan fingerprint density at radius 2 is 1.74 bits per heavy atom. The summed E-state index contributed by atoms with van der Waals surface area (Å²) in [6.07, 6.45) is 5.96. The predicted octanol–water partition coefficient (Wildman–Crippen LogP) is 5.55. The Kier molecular flexibility index (Phi) is 7.59. The first-order valence-electron chi connectivity index (χ1n) is 13.4. The molecule has 0 spiro atoms. The number of piperidine rings is 1. The third-order valence-corrected chi connectivity index (χ3v) is 7.65. The van der Waals surface area contributed by atoms with Crippen molar-refractivity contribution >= 4 is 27.5 Å². The number of aromatic nitrogens is 1. The second-order valence-corrected chi connectivity index (χ2v) is 10.3. The van der Waals surface area contributed by atoms with Crippen molar-refractivity contribution in [2.45, 2.75) is 58.0 Å². The molecule has 2 fully saturated rings. The highest BCUT2D eigenvalue weighted by atomic mass is 16.5. The normalized spacial score (nSPS) is 18.1. The number of benzene rings is 2. The summed E-state index contributed by atoms with van der Waals surface area (Å²) in [6, 6.07) is 13.6. The smallest absolute Gasteiger partial charge is 0.163 e. The summed E-state index contributed by atoms with van der Waals surface area (Å²) in [5.74, 6) is 1.55. The van der Waals surface area contributed by atoms with Crippen LogP contribution in [0.1, 0.15) is 46.0 Å². The van der Waals surface area contributed by atoms with Crippen molar-refractivity contribution in [3.8, 4) is 11.5 Å². The van der Waals surface area contributed by atoms with Crippen molar-refractivity contribution in [1.82, 2.24) is 14.8 Å². The van der Waals surface area contributed by atoms with Gasteiger partial charge in [0.25, 0.3) is 0 Å². The number of fused-ring (bicyclic) bond motifs is 2. The number of hydrogen-bond donors (Lipinski definition) is 1. The summed E-state index contributed by atoms with van der Waals surface area (Å²) in [5, 5.41) is 6.17. The molecule has 188 valence electrons. The van der Waals surface area contributed by atoms with Crippen molar-refractivity contribution in [2.24, 2.45) is 0 Å². The third-order valence-electron chi connectivity index (χ3n) is 7.65. The fourth-order valence-electron chi connectivity index (χ4n) is 5.57.